The van der Waals surface area contributed by atoms with Crippen LogP contribution in [0, 0.1) is 6.92 Å². The molecule has 0 unspecified atom stereocenters. The Balaban J connectivity index is 1.63. The number of nitrogens with one attached hydrogen (secondary N) is 1. The van der Waals surface area contributed by atoms with Crippen LogP contribution in [0.4, 0.5) is 0 Å². The van der Waals surface area contributed by atoms with Gasteiger partial charge in [0.15, 0.2) is 0 Å². The molecule has 1 heterocycles. The van der Waals surface area contributed by atoms with Crippen molar-refractivity contribution in [1.82, 2.24) is 10.3 Å². The quantitative estimate of drug-likeness (QED) is 0.533. The number of aromatic nitrogens is 1. The standard InChI is InChI=1S/C21H19ClN2O3/c1-13-8-9-16-11-17(19(22)24-18(16)10-13)12-27-21(26)14(2)23-20(25)15-6-4-3-5-7-15/h3-11,14H,12H2,1-2H3,(H,23,25)/t14-/m1/s1. The van der Waals surface area contributed by atoms with E-state index in [1.54, 1.807) is 31.2 Å². The van der Waals surface area contributed by atoms with Crippen molar-refractivity contribution in [1.29, 1.82) is 0 Å². The number of rotatable bonds is 5. The molecule has 1 atom stereocenters. The second kappa shape index (κ2) is 8.18. The minimum atomic E-state index is -0.785. The molecule has 3 aromatic rings. The summed E-state index contributed by atoms with van der Waals surface area (Å²) >= 11 is 6.21. The third-order valence-corrected chi connectivity index (χ3v) is 4.43. The first-order valence-corrected chi connectivity index (χ1v) is 8.90. The van der Waals surface area contributed by atoms with Crippen molar-refractivity contribution in [2.45, 2.75) is 26.5 Å². The summed E-state index contributed by atoms with van der Waals surface area (Å²) in [5.41, 5.74) is 2.98. The van der Waals surface area contributed by atoms with Crippen LogP contribution in [0.1, 0.15) is 28.4 Å². The van der Waals surface area contributed by atoms with Gasteiger partial charge in [0, 0.05) is 16.5 Å². The molecular formula is C21H19ClN2O3. The van der Waals surface area contributed by atoms with Crippen LogP contribution in [0.25, 0.3) is 10.9 Å². The van der Waals surface area contributed by atoms with Crippen LogP contribution >= 0.6 is 11.6 Å². The van der Waals surface area contributed by atoms with Gasteiger partial charge in [0.05, 0.1) is 5.52 Å². The highest BCUT2D eigenvalue weighted by Crippen LogP contribution is 2.22. The lowest BCUT2D eigenvalue weighted by molar-refractivity contribution is -0.146. The van der Waals surface area contributed by atoms with Crippen LogP contribution in [0.5, 0.6) is 0 Å². The number of nitrogens with zero attached hydrogens (tertiary/aromatic N) is 1. The number of hydrogen-bond acceptors (Lipinski definition) is 4. The van der Waals surface area contributed by atoms with Gasteiger partial charge in [-0.25, -0.2) is 9.78 Å². The Labute approximate surface area is 162 Å². The number of fused-ring (bicyclic) bond motifs is 1. The predicted octanol–water partition coefficient (Wildman–Crippen LogP) is 4.06. The van der Waals surface area contributed by atoms with Gasteiger partial charge in [-0.15, -0.1) is 0 Å². The van der Waals surface area contributed by atoms with Crippen molar-refractivity contribution < 1.29 is 14.3 Å². The zero-order valence-corrected chi connectivity index (χ0v) is 15.8. The Bertz CT molecular complexity index is 989. The number of pyridine rings is 1. The second-order valence-corrected chi connectivity index (χ2v) is 6.66. The maximum Gasteiger partial charge on any atom is 0.328 e. The van der Waals surface area contributed by atoms with E-state index in [4.69, 9.17) is 16.3 Å². The normalized spacial score (nSPS) is 11.8. The third-order valence-electron chi connectivity index (χ3n) is 4.11. The van der Waals surface area contributed by atoms with Gasteiger partial charge in [-0.2, -0.15) is 0 Å². The maximum absolute atomic E-state index is 12.2. The van der Waals surface area contributed by atoms with Crippen molar-refractivity contribution >= 4 is 34.4 Å². The molecule has 0 radical (unpaired) electrons. The molecule has 1 aromatic heterocycles. The van der Waals surface area contributed by atoms with Crippen molar-refractivity contribution in [3.8, 4) is 0 Å². The van der Waals surface area contributed by atoms with E-state index in [9.17, 15) is 9.59 Å². The molecule has 0 spiro atoms. The van der Waals surface area contributed by atoms with E-state index in [0.29, 0.717) is 16.3 Å². The fourth-order valence-electron chi connectivity index (χ4n) is 2.60. The number of carbonyl (C=O) groups excluding carboxylic acids is 2. The molecule has 1 N–H and O–H groups in total. The van der Waals surface area contributed by atoms with E-state index < -0.39 is 12.0 Å². The highest BCUT2D eigenvalue weighted by atomic mass is 35.5. The zero-order chi connectivity index (χ0) is 19.4. The zero-order valence-electron chi connectivity index (χ0n) is 15.0. The van der Waals surface area contributed by atoms with Gasteiger partial charge >= 0.3 is 5.97 Å². The van der Waals surface area contributed by atoms with E-state index >= 15 is 0 Å². The number of hydrogen-bond donors (Lipinski definition) is 1. The summed E-state index contributed by atoms with van der Waals surface area (Å²) in [6.07, 6.45) is 0. The van der Waals surface area contributed by atoms with E-state index in [1.165, 1.54) is 0 Å². The fraction of sp³-hybridized carbons (Fsp3) is 0.190. The fourth-order valence-corrected chi connectivity index (χ4v) is 2.80. The number of aryl methyl sites for hydroxylation is 1. The van der Waals surface area contributed by atoms with E-state index in [1.807, 2.05) is 37.3 Å². The number of ether oxygens (including phenoxy) is 1. The van der Waals surface area contributed by atoms with Gasteiger partial charge in [0.2, 0.25) is 0 Å². The molecule has 5 nitrogen and oxygen atoms in total. The van der Waals surface area contributed by atoms with Crippen LogP contribution in [-0.2, 0) is 16.1 Å². The lowest BCUT2D eigenvalue weighted by Crippen LogP contribution is -2.39. The topological polar surface area (TPSA) is 68.3 Å². The van der Waals surface area contributed by atoms with Gasteiger partial charge in [-0.05, 0) is 43.7 Å². The molecule has 0 saturated heterocycles. The predicted molar refractivity (Wildman–Crippen MR) is 105 cm³/mol. The molecule has 138 valence electrons. The van der Waals surface area contributed by atoms with Crippen LogP contribution < -0.4 is 5.32 Å². The molecule has 6 heteroatoms. The smallest absolute Gasteiger partial charge is 0.328 e. The van der Waals surface area contributed by atoms with Gasteiger partial charge in [-0.3, -0.25) is 4.79 Å². The summed E-state index contributed by atoms with van der Waals surface area (Å²) < 4.78 is 5.30. The van der Waals surface area contributed by atoms with E-state index in [0.717, 1.165) is 16.5 Å². The number of amides is 1. The van der Waals surface area contributed by atoms with Gasteiger partial charge in [0.25, 0.3) is 5.91 Å². The Hall–Kier alpha value is -2.92. The molecule has 1 amide bonds. The van der Waals surface area contributed by atoms with Crippen molar-refractivity contribution in [3.05, 3.63) is 76.4 Å². The summed E-state index contributed by atoms with van der Waals surface area (Å²) in [6, 6.07) is 15.6. The molecule has 0 bridgehead atoms. The first kappa shape index (κ1) is 18.9. The summed E-state index contributed by atoms with van der Waals surface area (Å²) in [7, 11) is 0. The first-order valence-electron chi connectivity index (χ1n) is 8.52. The lowest BCUT2D eigenvalue weighted by atomic mass is 10.1. The number of benzene rings is 2. The number of esters is 1. The molecule has 0 aliphatic rings. The SMILES string of the molecule is Cc1ccc2cc(COC(=O)[C@@H](C)NC(=O)c3ccccc3)c(Cl)nc2c1. The van der Waals surface area contributed by atoms with Gasteiger partial charge in [-0.1, -0.05) is 41.9 Å². The molecule has 0 fully saturated rings. The Morgan fingerprint density at radius 2 is 1.89 bits per heavy atom. The molecule has 27 heavy (non-hydrogen) atoms. The minimum absolute atomic E-state index is 0.0139. The minimum Gasteiger partial charge on any atom is -0.459 e. The van der Waals surface area contributed by atoms with Gasteiger partial charge < -0.3 is 10.1 Å². The van der Waals surface area contributed by atoms with Crippen LogP contribution in [0.2, 0.25) is 5.15 Å². The summed E-state index contributed by atoms with van der Waals surface area (Å²) in [4.78, 5) is 28.7. The molecule has 2 aromatic carbocycles. The van der Waals surface area contributed by atoms with Crippen molar-refractivity contribution in [3.63, 3.8) is 0 Å². The largest absolute Gasteiger partial charge is 0.459 e. The molecule has 0 aliphatic heterocycles. The summed E-state index contributed by atoms with van der Waals surface area (Å²) in [5, 5.41) is 3.83. The average molecular weight is 383 g/mol. The van der Waals surface area contributed by atoms with Crippen LogP contribution in [0.3, 0.4) is 0 Å². The molecule has 0 aliphatic carbocycles. The molecule has 0 saturated carbocycles. The Kier molecular flexibility index (Phi) is 5.72. The second-order valence-electron chi connectivity index (χ2n) is 6.30. The van der Waals surface area contributed by atoms with Crippen molar-refractivity contribution in [2.75, 3.05) is 0 Å². The van der Waals surface area contributed by atoms with E-state index in [2.05, 4.69) is 10.3 Å². The lowest BCUT2D eigenvalue weighted by Gasteiger charge is -2.14. The van der Waals surface area contributed by atoms with E-state index in [-0.39, 0.29) is 12.5 Å². The van der Waals surface area contributed by atoms with Gasteiger partial charge in [0.1, 0.15) is 17.8 Å². The molecule has 3 rings (SSSR count). The average Bonchev–Trinajstić information content (AvgIpc) is 2.66. The first-order chi connectivity index (χ1) is 12.9. The monoisotopic (exact) mass is 382 g/mol. The summed E-state index contributed by atoms with van der Waals surface area (Å²) in [5.74, 6) is -0.875. The maximum atomic E-state index is 12.2. The number of halogens is 1. The third kappa shape index (κ3) is 4.63. The Morgan fingerprint density at radius 1 is 1.15 bits per heavy atom. The summed E-state index contributed by atoms with van der Waals surface area (Å²) in [6.45, 7) is 3.54. The number of carbonyl (C=O) groups is 2. The van der Waals surface area contributed by atoms with Crippen molar-refractivity contribution in [2.24, 2.45) is 0 Å². The molecular weight excluding hydrogens is 364 g/mol. The van der Waals surface area contributed by atoms with Crippen LogP contribution in [-0.4, -0.2) is 22.9 Å². The van der Waals surface area contributed by atoms with Crippen LogP contribution in [0.15, 0.2) is 54.6 Å². The highest BCUT2D eigenvalue weighted by molar-refractivity contribution is 6.30. The Morgan fingerprint density at radius 3 is 2.63 bits per heavy atom. The highest BCUT2D eigenvalue weighted by Gasteiger charge is 2.18.